The van der Waals surface area contributed by atoms with Gasteiger partial charge in [0, 0.05) is 0 Å². The zero-order valence-corrected chi connectivity index (χ0v) is 13.4. The molecular formula is C13H29O3PS. The van der Waals surface area contributed by atoms with Gasteiger partial charge in [0.2, 0.25) is 0 Å². The summed E-state index contributed by atoms with van der Waals surface area (Å²) in [5.74, 6) is 0.877. The highest BCUT2D eigenvalue weighted by atomic mass is 32.2. The second kappa shape index (κ2) is 12.5. The standard InChI is InChI=1S/C13H29O3PS/c1-2-3-4-5-6-7-8-9-10-11-12-18-13-17(14,15)16/h2-13H2,1H3,(H2,14,15,16). The predicted octanol–water partition coefficient (Wildman–Crippen LogP) is 4.78. The Kier molecular flexibility index (Phi) is 12.9. The lowest BCUT2D eigenvalue weighted by atomic mass is 10.1. The van der Waals surface area contributed by atoms with Crippen molar-refractivity contribution in [1.82, 2.24) is 0 Å². The van der Waals surface area contributed by atoms with Gasteiger partial charge in [-0.2, -0.15) is 0 Å². The summed E-state index contributed by atoms with van der Waals surface area (Å²) in [5, 5.41) is 0. The van der Waals surface area contributed by atoms with Gasteiger partial charge in [-0.05, 0) is 12.2 Å². The summed E-state index contributed by atoms with van der Waals surface area (Å²) in [6.07, 6.45) is 13.0. The summed E-state index contributed by atoms with van der Waals surface area (Å²) < 4.78 is 10.6. The molecule has 5 heteroatoms. The minimum atomic E-state index is -3.78. The van der Waals surface area contributed by atoms with Gasteiger partial charge in [-0.1, -0.05) is 64.7 Å². The molecular weight excluding hydrogens is 267 g/mol. The number of thioether (sulfide) groups is 1. The average Bonchev–Trinajstić information content (AvgIpc) is 2.29. The Morgan fingerprint density at radius 2 is 1.28 bits per heavy atom. The second-order valence-electron chi connectivity index (χ2n) is 4.88. The molecule has 0 saturated carbocycles. The van der Waals surface area contributed by atoms with E-state index in [1.54, 1.807) is 0 Å². The minimum Gasteiger partial charge on any atom is -0.324 e. The van der Waals surface area contributed by atoms with Crippen molar-refractivity contribution in [1.29, 1.82) is 0 Å². The van der Waals surface area contributed by atoms with Crippen molar-refractivity contribution in [2.75, 3.05) is 11.2 Å². The van der Waals surface area contributed by atoms with E-state index in [1.807, 2.05) is 0 Å². The Morgan fingerprint density at radius 1 is 0.833 bits per heavy atom. The van der Waals surface area contributed by atoms with Crippen molar-refractivity contribution in [3.8, 4) is 0 Å². The molecule has 0 fully saturated rings. The van der Waals surface area contributed by atoms with Crippen molar-refractivity contribution < 1.29 is 14.4 Å². The van der Waals surface area contributed by atoms with Gasteiger partial charge in [0.25, 0.3) is 0 Å². The molecule has 0 heterocycles. The van der Waals surface area contributed by atoms with Crippen molar-refractivity contribution in [3.63, 3.8) is 0 Å². The molecule has 0 aliphatic heterocycles. The Morgan fingerprint density at radius 3 is 1.72 bits per heavy atom. The van der Waals surface area contributed by atoms with E-state index in [0.717, 1.165) is 12.2 Å². The van der Waals surface area contributed by atoms with Crippen LogP contribution in [0.1, 0.15) is 71.1 Å². The summed E-state index contributed by atoms with van der Waals surface area (Å²) in [4.78, 5) is 17.3. The van der Waals surface area contributed by atoms with Crippen LogP contribution in [0.2, 0.25) is 0 Å². The van der Waals surface area contributed by atoms with Crippen LogP contribution in [0, 0.1) is 0 Å². The number of hydrogen-bond donors (Lipinski definition) is 2. The first-order valence-electron chi connectivity index (χ1n) is 7.18. The molecule has 0 bridgehead atoms. The monoisotopic (exact) mass is 296 g/mol. The Labute approximate surface area is 116 Å². The fourth-order valence-electron chi connectivity index (χ4n) is 1.88. The minimum absolute atomic E-state index is 0.0234. The van der Waals surface area contributed by atoms with E-state index >= 15 is 0 Å². The normalized spacial score (nSPS) is 11.9. The van der Waals surface area contributed by atoms with Gasteiger partial charge in [-0.15, -0.1) is 11.8 Å². The van der Waals surface area contributed by atoms with Crippen LogP contribution >= 0.6 is 19.4 Å². The van der Waals surface area contributed by atoms with Crippen molar-refractivity contribution in [3.05, 3.63) is 0 Å². The zero-order valence-electron chi connectivity index (χ0n) is 11.6. The maximum absolute atomic E-state index is 10.6. The lowest BCUT2D eigenvalue weighted by Gasteiger charge is -2.04. The third-order valence-electron chi connectivity index (χ3n) is 2.90. The third kappa shape index (κ3) is 16.5. The van der Waals surface area contributed by atoms with E-state index in [1.165, 1.54) is 69.5 Å². The highest BCUT2D eigenvalue weighted by Gasteiger charge is 2.11. The van der Waals surface area contributed by atoms with Gasteiger partial charge in [0.15, 0.2) is 0 Å². The summed E-state index contributed by atoms with van der Waals surface area (Å²) in [6, 6.07) is 0. The Bertz CT molecular complexity index is 218. The van der Waals surface area contributed by atoms with Gasteiger partial charge in [-0.25, -0.2) is 0 Å². The summed E-state index contributed by atoms with van der Waals surface area (Å²) >= 11 is 1.37. The van der Waals surface area contributed by atoms with Crippen LogP contribution < -0.4 is 0 Å². The topological polar surface area (TPSA) is 57.5 Å². The number of unbranched alkanes of at least 4 members (excludes halogenated alkanes) is 9. The van der Waals surface area contributed by atoms with E-state index < -0.39 is 7.60 Å². The molecule has 110 valence electrons. The molecule has 0 amide bonds. The summed E-state index contributed by atoms with van der Waals surface area (Å²) in [7, 11) is -3.78. The fraction of sp³-hybridized carbons (Fsp3) is 1.00. The highest BCUT2D eigenvalue weighted by Crippen LogP contribution is 2.38. The largest absolute Gasteiger partial charge is 0.335 e. The van der Waals surface area contributed by atoms with E-state index in [0.29, 0.717) is 0 Å². The molecule has 18 heavy (non-hydrogen) atoms. The molecule has 0 aromatic heterocycles. The van der Waals surface area contributed by atoms with Crippen LogP contribution in [0.3, 0.4) is 0 Å². The maximum atomic E-state index is 10.6. The first-order valence-corrected chi connectivity index (χ1v) is 10.1. The molecule has 0 radical (unpaired) electrons. The number of rotatable bonds is 13. The lowest BCUT2D eigenvalue weighted by Crippen LogP contribution is -1.87. The molecule has 0 aromatic rings. The van der Waals surface area contributed by atoms with Crippen LogP contribution in [0.15, 0.2) is 0 Å². The summed E-state index contributed by atoms with van der Waals surface area (Å²) in [6.45, 7) is 2.24. The smallest absolute Gasteiger partial charge is 0.324 e. The molecule has 3 nitrogen and oxygen atoms in total. The molecule has 0 saturated heterocycles. The van der Waals surface area contributed by atoms with Gasteiger partial charge in [-0.3, -0.25) is 4.57 Å². The van der Waals surface area contributed by atoms with E-state index in [4.69, 9.17) is 9.79 Å². The first-order chi connectivity index (χ1) is 8.56. The van der Waals surface area contributed by atoms with Gasteiger partial charge in [0.05, 0.1) is 5.49 Å². The summed E-state index contributed by atoms with van der Waals surface area (Å²) in [5.41, 5.74) is -0.0234. The van der Waals surface area contributed by atoms with Gasteiger partial charge in [0.1, 0.15) is 0 Å². The van der Waals surface area contributed by atoms with E-state index in [2.05, 4.69) is 6.92 Å². The molecule has 0 aliphatic rings. The van der Waals surface area contributed by atoms with E-state index in [-0.39, 0.29) is 5.49 Å². The number of hydrogen-bond acceptors (Lipinski definition) is 2. The van der Waals surface area contributed by atoms with Crippen LogP contribution in [0.25, 0.3) is 0 Å². The highest BCUT2D eigenvalue weighted by molar-refractivity contribution is 8.04. The van der Waals surface area contributed by atoms with E-state index in [9.17, 15) is 4.57 Å². The molecule has 0 aromatic carbocycles. The van der Waals surface area contributed by atoms with Gasteiger partial charge >= 0.3 is 7.60 Å². The van der Waals surface area contributed by atoms with Crippen molar-refractivity contribution in [2.45, 2.75) is 71.1 Å². The van der Waals surface area contributed by atoms with Crippen LogP contribution in [-0.2, 0) is 4.57 Å². The SMILES string of the molecule is CCCCCCCCCCCCSCP(=O)(O)O. The lowest BCUT2D eigenvalue weighted by molar-refractivity contribution is 0.379. The fourth-order valence-corrected chi connectivity index (χ4v) is 3.75. The van der Waals surface area contributed by atoms with Crippen molar-refractivity contribution >= 4 is 19.4 Å². The average molecular weight is 296 g/mol. The second-order valence-corrected chi connectivity index (χ2v) is 8.06. The zero-order chi connectivity index (χ0) is 13.7. The molecule has 0 unspecified atom stereocenters. The molecule has 0 atom stereocenters. The van der Waals surface area contributed by atoms with Gasteiger partial charge < -0.3 is 9.79 Å². The Hall–Kier alpha value is 0.500. The third-order valence-corrected chi connectivity index (χ3v) is 5.55. The molecule has 0 aliphatic carbocycles. The Balaban J connectivity index is 3.01. The first kappa shape index (κ1) is 18.5. The van der Waals surface area contributed by atoms with Crippen LogP contribution in [-0.4, -0.2) is 21.0 Å². The predicted molar refractivity (Wildman–Crippen MR) is 81.2 cm³/mol. The maximum Gasteiger partial charge on any atom is 0.335 e. The van der Waals surface area contributed by atoms with Crippen LogP contribution in [0.4, 0.5) is 0 Å². The quantitative estimate of drug-likeness (QED) is 0.379. The molecule has 2 N–H and O–H groups in total. The van der Waals surface area contributed by atoms with Crippen LogP contribution in [0.5, 0.6) is 0 Å². The van der Waals surface area contributed by atoms with Crippen molar-refractivity contribution in [2.24, 2.45) is 0 Å². The molecule has 0 rings (SSSR count). The molecule has 0 spiro atoms.